The quantitative estimate of drug-likeness (QED) is 0.208. The summed E-state index contributed by atoms with van der Waals surface area (Å²) in [5, 5.41) is 4.95. The number of rotatable bonds is 4. The lowest BCUT2D eigenvalue weighted by Crippen LogP contribution is -2.01. The van der Waals surface area contributed by atoms with Crippen LogP contribution in [-0.4, -0.2) is 19.5 Å². The fourth-order valence-corrected chi connectivity index (χ4v) is 7.29. The van der Waals surface area contributed by atoms with Gasteiger partial charge >= 0.3 is 0 Å². The maximum Gasteiger partial charge on any atom is 0.164 e. The maximum absolute atomic E-state index is 5.09. The molecule has 0 aliphatic carbocycles. The van der Waals surface area contributed by atoms with Crippen LogP contribution in [0.1, 0.15) is 0 Å². The van der Waals surface area contributed by atoms with E-state index in [-0.39, 0.29) is 0 Å². The van der Waals surface area contributed by atoms with Crippen LogP contribution in [-0.2, 0) is 0 Å². The molecule has 9 aromatic rings. The van der Waals surface area contributed by atoms with Crippen molar-refractivity contribution in [1.29, 1.82) is 0 Å². The van der Waals surface area contributed by atoms with E-state index in [2.05, 4.69) is 120 Å². The molecule has 5 heteroatoms. The molecule has 0 aliphatic heterocycles. The minimum Gasteiger partial charge on any atom is -0.309 e. The van der Waals surface area contributed by atoms with Gasteiger partial charge in [0.2, 0.25) is 0 Å². The highest BCUT2D eigenvalue weighted by Gasteiger charge is 2.16. The largest absolute Gasteiger partial charge is 0.309 e. The van der Waals surface area contributed by atoms with Crippen molar-refractivity contribution in [3.8, 4) is 39.9 Å². The first-order valence-electron chi connectivity index (χ1n) is 14.6. The fourth-order valence-electron chi connectivity index (χ4n) is 6.20. The first kappa shape index (κ1) is 24.9. The van der Waals surface area contributed by atoms with Crippen LogP contribution in [0.25, 0.3) is 81.8 Å². The van der Waals surface area contributed by atoms with E-state index in [0.717, 1.165) is 22.4 Å². The van der Waals surface area contributed by atoms with Crippen molar-refractivity contribution in [1.82, 2.24) is 19.5 Å². The van der Waals surface area contributed by atoms with Gasteiger partial charge < -0.3 is 4.57 Å². The zero-order chi connectivity index (χ0) is 29.0. The lowest BCUT2D eigenvalue weighted by molar-refractivity contribution is 1.07. The normalized spacial score (nSPS) is 11.6. The summed E-state index contributed by atoms with van der Waals surface area (Å²) < 4.78 is 4.86. The number of aromatic nitrogens is 4. The molecule has 206 valence electrons. The molecule has 0 fully saturated rings. The van der Waals surface area contributed by atoms with Gasteiger partial charge in [0.1, 0.15) is 0 Å². The van der Waals surface area contributed by atoms with Crippen LogP contribution in [0.15, 0.2) is 146 Å². The van der Waals surface area contributed by atoms with Gasteiger partial charge in [0.25, 0.3) is 0 Å². The monoisotopic (exact) mass is 580 g/mol. The third kappa shape index (κ3) is 4.02. The molecule has 3 heterocycles. The Morgan fingerprint density at radius 1 is 0.386 bits per heavy atom. The molecule has 0 saturated heterocycles. The molecular formula is C39H24N4S. The average Bonchev–Trinajstić information content (AvgIpc) is 3.64. The van der Waals surface area contributed by atoms with Gasteiger partial charge in [0.15, 0.2) is 17.5 Å². The minimum absolute atomic E-state index is 0.645. The van der Waals surface area contributed by atoms with Crippen LogP contribution in [0.3, 0.4) is 0 Å². The van der Waals surface area contributed by atoms with E-state index in [1.54, 1.807) is 0 Å². The molecule has 9 rings (SSSR count). The predicted octanol–water partition coefficient (Wildman–Crippen LogP) is 10.3. The highest BCUT2D eigenvalue weighted by Crippen LogP contribution is 2.37. The Bertz CT molecular complexity index is 2460. The van der Waals surface area contributed by atoms with Crippen molar-refractivity contribution in [2.24, 2.45) is 0 Å². The first-order valence-corrected chi connectivity index (χ1v) is 15.4. The van der Waals surface area contributed by atoms with E-state index < -0.39 is 0 Å². The second-order valence-electron chi connectivity index (χ2n) is 10.9. The van der Waals surface area contributed by atoms with Crippen molar-refractivity contribution in [2.75, 3.05) is 0 Å². The van der Waals surface area contributed by atoms with Gasteiger partial charge in [0, 0.05) is 53.3 Å². The molecule has 0 amide bonds. The Kier molecular flexibility index (Phi) is 5.64. The molecule has 44 heavy (non-hydrogen) atoms. The zero-order valence-corrected chi connectivity index (χ0v) is 24.4. The topological polar surface area (TPSA) is 43.6 Å². The van der Waals surface area contributed by atoms with Crippen LogP contribution in [0.4, 0.5) is 0 Å². The van der Waals surface area contributed by atoms with E-state index in [4.69, 9.17) is 15.0 Å². The number of hydrogen-bond donors (Lipinski definition) is 0. The average molecular weight is 581 g/mol. The summed E-state index contributed by atoms with van der Waals surface area (Å²) >= 11 is 1.81. The minimum atomic E-state index is 0.645. The number of fused-ring (bicyclic) bond motifs is 6. The van der Waals surface area contributed by atoms with Gasteiger partial charge in [-0.3, -0.25) is 0 Å². The van der Waals surface area contributed by atoms with Gasteiger partial charge in [-0.2, -0.15) is 0 Å². The van der Waals surface area contributed by atoms with Crippen LogP contribution < -0.4 is 0 Å². The van der Waals surface area contributed by atoms with E-state index in [1.807, 2.05) is 41.7 Å². The zero-order valence-electron chi connectivity index (χ0n) is 23.6. The second-order valence-corrected chi connectivity index (χ2v) is 12.0. The van der Waals surface area contributed by atoms with E-state index in [9.17, 15) is 0 Å². The molecule has 0 atom stereocenters. The highest BCUT2D eigenvalue weighted by molar-refractivity contribution is 7.25. The van der Waals surface area contributed by atoms with Crippen molar-refractivity contribution < 1.29 is 0 Å². The molecule has 3 aromatic heterocycles. The van der Waals surface area contributed by atoms with Crippen LogP contribution in [0, 0.1) is 0 Å². The Labute approximate surface area is 257 Å². The Balaban J connectivity index is 1.24. The summed E-state index contributed by atoms with van der Waals surface area (Å²) in [5.41, 5.74) is 6.27. The molecule has 4 nitrogen and oxygen atoms in total. The molecule has 0 aliphatic rings. The second kappa shape index (κ2) is 9.97. The van der Waals surface area contributed by atoms with E-state index >= 15 is 0 Å². The Morgan fingerprint density at radius 2 is 0.932 bits per heavy atom. The molecule has 0 spiro atoms. The summed E-state index contributed by atoms with van der Waals surface area (Å²) in [6, 6.07) is 50.9. The Hall–Kier alpha value is -5.65. The highest BCUT2D eigenvalue weighted by atomic mass is 32.1. The van der Waals surface area contributed by atoms with E-state index in [0.29, 0.717) is 17.5 Å². The Morgan fingerprint density at radius 3 is 1.66 bits per heavy atom. The molecule has 6 aromatic carbocycles. The van der Waals surface area contributed by atoms with Crippen LogP contribution in [0.5, 0.6) is 0 Å². The van der Waals surface area contributed by atoms with Crippen molar-refractivity contribution in [2.45, 2.75) is 0 Å². The molecule has 0 saturated carbocycles. The molecule has 0 N–H and O–H groups in total. The number of hydrogen-bond acceptors (Lipinski definition) is 4. The molecule has 0 radical (unpaired) electrons. The smallest absolute Gasteiger partial charge is 0.164 e. The summed E-state index contributed by atoms with van der Waals surface area (Å²) in [6.07, 6.45) is 0. The molecular weight excluding hydrogens is 557 g/mol. The summed E-state index contributed by atoms with van der Waals surface area (Å²) in [5.74, 6) is 1.96. The van der Waals surface area contributed by atoms with Gasteiger partial charge in [0.05, 0.1) is 11.0 Å². The number of nitrogens with zero attached hydrogens (tertiary/aromatic N) is 4. The fraction of sp³-hybridized carbons (Fsp3) is 0. The first-order chi connectivity index (χ1) is 21.8. The lowest BCUT2D eigenvalue weighted by Gasteiger charge is -2.11. The number of thiophene rings is 1. The van der Waals surface area contributed by atoms with Gasteiger partial charge in [-0.15, -0.1) is 11.3 Å². The van der Waals surface area contributed by atoms with Crippen molar-refractivity contribution in [3.63, 3.8) is 0 Å². The number of para-hydroxylation sites is 2. The van der Waals surface area contributed by atoms with Crippen molar-refractivity contribution in [3.05, 3.63) is 146 Å². The maximum atomic E-state index is 5.09. The van der Waals surface area contributed by atoms with Crippen LogP contribution >= 0.6 is 11.3 Å². The summed E-state index contributed by atoms with van der Waals surface area (Å²) in [6.45, 7) is 0. The third-order valence-electron chi connectivity index (χ3n) is 8.24. The van der Waals surface area contributed by atoms with Crippen LogP contribution in [0.2, 0.25) is 0 Å². The molecule has 0 bridgehead atoms. The summed E-state index contributed by atoms with van der Waals surface area (Å²) in [7, 11) is 0. The predicted molar refractivity (Wildman–Crippen MR) is 183 cm³/mol. The SMILES string of the molecule is c1ccc(-c2nc(-c3cccc(-n4c5ccccc5c5ccccc54)c3)nc(-c3ccc4sc5ccccc5c4c3)n2)cc1. The van der Waals surface area contributed by atoms with Gasteiger partial charge in [-0.25, -0.2) is 15.0 Å². The van der Waals surface area contributed by atoms with Gasteiger partial charge in [-0.05, 0) is 48.5 Å². The van der Waals surface area contributed by atoms with Crippen molar-refractivity contribution >= 4 is 53.3 Å². The van der Waals surface area contributed by atoms with Gasteiger partial charge in [-0.1, -0.05) is 97.1 Å². The standard InChI is InChI=1S/C39H24N4S/c1-2-11-25(12-3-1)37-40-38(42-39(41-37)27-21-22-36-32(24-27)31-17-6-9-20-35(31)44-36)26-13-10-14-28(23-26)43-33-18-7-4-15-29(33)30-16-5-8-19-34(30)43/h1-24H. The lowest BCUT2D eigenvalue weighted by atomic mass is 10.1. The molecule has 0 unspecified atom stereocenters. The van der Waals surface area contributed by atoms with E-state index in [1.165, 1.54) is 42.0 Å². The summed E-state index contributed by atoms with van der Waals surface area (Å²) in [4.78, 5) is 15.1. The number of benzene rings is 6. The third-order valence-corrected chi connectivity index (χ3v) is 9.40.